The molecule has 0 radical (unpaired) electrons. The Hall–Kier alpha value is -1.64. The second-order valence-corrected chi connectivity index (χ2v) is 9.89. The molecule has 2 aliphatic heterocycles. The quantitative estimate of drug-likeness (QED) is 0.395. The first kappa shape index (κ1) is 25.0. The Morgan fingerprint density at radius 3 is 2.41 bits per heavy atom. The van der Waals surface area contributed by atoms with E-state index in [9.17, 15) is 9.59 Å². The fourth-order valence-corrected chi connectivity index (χ4v) is 5.08. The van der Waals surface area contributed by atoms with Crippen LogP contribution in [0, 0.1) is 5.92 Å². The Balaban J connectivity index is 1.63. The molecule has 0 aromatic carbocycles. The van der Waals surface area contributed by atoms with Crippen molar-refractivity contribution in [3.63, 3.8) is 0 Å². The lowest BCUT2D eigenvalue weighted by atomic mass is 9.68. The third-order valence-corrected chi connectivity index (χ3v) is 7.30. The van der Waals surface area contributed by atoms with Gasteiger partial charge in [0.05, 0.1) is 18.6 Å². The summed E-state index contributed by atoms with van der Waals surface area (Å²) < 4.78 is 24.0. The highest BCUT2D eigenvalue weighted by Gasteiger charge is 2.72. The van der Waals surface area contributed by atoms with Gasteiger partial charge in [0.25, 0.3) is 0 Å². The molecular formula is C24H40N2O6. The van der Waals surface area contributed by atoms with Crippen LogP contribution in [0.4, 0.5) is 4.79 Å². The Kier molecular flexibility index (Phi) is 7.57. The van der Waals surface area contributed by atoms with E-state index in [1.54, 1.807) is 26.1 Å². The van der Waals surface area contributed by atoms with Gasteiger partial charge in [-0.1, -0.05) is 18.6 Å². The van der Waals surface area contributed by atoms with E-state index in [1.165, 1.54) is 10.5 Å². The SMILES string of the molecule is CCC(=O)N(C)CCN(C)C(=O)OC1CC[C@]2(CO2)C(C2(C)O[C@@H]2CC=C(C)C)C1OC. The molecule has 1 spiro atoms. The molecule has 3 aliphatic rings. The van der Waals surface area contributed by atoms with Crippen molar-refractivity contribution in [1.82, 2.24) is 9.80 Å². The van der Waals surface area contributed by atoms with E-state index < -0.39 is 6.09 Å². The zero-order valence-electron chi connectivity index (χ0n) is 20.7. The lowest BCUT2D eigenvalue weighted by molar-refractivity contribution is -0.130. The highest BCUT2D eigenvalue weighted by atomic mass is 16.6. The maximum Gasteiger partial charge on any atom is 0.409 e. The van der Waals surface area contributed by atoms with Gasteiger partial charge in [0, 0.05) is 40.7 Å². The number of allylic oxidation sites excluding steroid dienone is 1. The number of hydrogen-bond acceptors (Lipinski definition) is 6. The van der Waals surface area contributed by atoms with Gasteiger partial charge in [0.15, 0.2) is 0 Å². The number of carbonyl (C=O) groups is 2. The number of epoxide rings is 2. The molecule has 2 saturated heterocycles. The van der Waals surface area contributed by atoms with E-state index in [0.29, 0.717) is 32.5 Å². The Labute approximate surface area is 192 Å². The molecule has 0 aromatic rings. The minimum atomic E-state index is -0.399. The third-order valence-electron chi connectivity index (χ3n) is 7.30. The van der Waals surface area contributed by atoms with Crippen LogP contribution in [0.25, 0.3) is 0 Å². The smallest absolute Gasteiger partial charge is 0.409 e. The summed E-state index contributed by atoms with van der Waals surface area (Å²) in [5.74, 6) is 0.0529. The number of carbonyl (C=O) groups excluding carboxylic acids is 2. The summed E-state index contributed by atoms with van der Waals surface area (Å²) in [6.07, 6.45) is 4.08. The summed E-state index contributed by atoms with van der Waals surface area (Å²) in [6, 6.07) is 0. The van der Waals surface area contributed by atoms with E-state index in [4.69, 9.17) is 18.9 Å². The van der Waals surface area contributed by atoms with Gasteiger partial charge in [-0.15, -0.1) is 0 Å². The van der Waals surface area contributed by atoms with Crippen molar-refractivity contribution in [2.45, 2.75) is 82.9 Å². The highest BCUT2D eigenvalue weighted by molar-refractivity contribution is 5.75. The second kappa shape index (κ2) is 9.69. The summed E-state index contributed by atoms with van der Waals surface area (Å²) >= 11 is 0. The van der Waals surface area contributed by atoms with Gasteiger partial charge < -0.3 is 28.7 Å². The van der Waals surface area contributed by atoms with Gasteiger partial charge in [0.1, 0.15) is 23.4 Å². The largest absolute Gasteiger partial charge is 0.443 e. The molecule has 2 heterocycles. The summed E-state index contributed by atoms with van der Waals surface area (Å²) in [5, 5.41) is 0. The number of hydrogen-bond donors (Lipinski definition) is 0. The van der Waals surface area contributed by atoms with Gasteiger partial charge in [-0.2, -0.15) is 0 Å². The molecule has 3 fully saturated rings. The van der Waals surface area contributed by atoms with Crippen LogP contribution >= 0.6 is 0 Å². The van der Waals surface area contributed by atoms with Gasteiger partial charge in [-0.25, -0.2) is 4.79 Å². The monoisotopic (exact) mass is 452 g/mol. The van der Waals surface area contributed by atoms with Crippen LogP contribution in [-0.2, 0) is 23.7 Å². The van der Waals surface area contributed by atoms with Crippen LogP contribution < -0.4 is 0 Å². The highest BCUT2D eigenvalue weighted by Crippen LogP contribution is 2.59. The molecule has 1 aliphatic carbocycles. The Morgan fingerprint density at radius 1 is 1.19 bits per heavy atom. The number of likely N-dealkylation sites (N-methyl/N-ethyl adjacent to an activating group) is 2. The van der Waals surface area contributed by atoms with Crippen molar-refractivity contribution < 1.29 is 28.5 Å². The molecule has 0 bridgehead atoms. The molecule has 8 nitrogen and oxygen atoms in total. The Morgan fingerprint density at radius 2 is 1.84 bits per heavy atom. The fourth-order valence-electron chi connectivity index (χ4n) is 5.08. The number of ether oxygens (including phenoxy) is 4. The number of rotatable bonds is 9. The van der Waals surface area contributed by atoms with E-state index >= 15 is 0 Å². The first-order valence-corrected chi connectivity index (χ1v) is 11.7. The zero-order chi connectivity index (χ0) is 23.7. The standard InChI is InChI=1S/C24H40N2O6/c1-8-19(27)25(5)13-14-26(6)22(28)31-17-11-12-24(15-30-24)21(20(17)29-7)23(4)18(32-23)10-9-16(2)3/h9,17-18,20-21H,8,10-15H2,1-7H3/t17?,18-,20?,21?,23?,24+/m1/s1. The van der Waals surface area contributed by atoms with E-state index in [-0.39, 0.29) is 41.3 Å². The van der Waals surface area contributed by atoms with Crippen molar-refractivity contribution in [1.29, 1.82) is 0 Å². The minimum Gasteiger partial charge on any atom is -0.443 e. The molecule has 0 N–H and O–H groups in total. The van der Waals surface area contributed by atoms with Crippen molar-refractivity contribution in [3.8, 4) is 0 Å². The maximum atomic E-state index is 12.8. The summed E-state index contributed by atoms with van der Waals surface area (Å²) in [4.78, 5) is 27.7. The van der Waals surface area contributed by atoms with Crippen LogP contribution in [0.3, 0.4) is 0 Å². The van der Waals surface area contributed by atoms with Gasteiger partial charge in [-0.3, -0.25) is 4.79 Å². The molecule has 0 aromatic heterocycles. The first-order valence-electron chi connectivity index (χ1n) is 11.7. The van der Waals surface area contributed by atoms with Crippen LogP contribution in [0.5, 0.6) is 0 Å². The predicted octanol–water partition coefficient (Wildman–Crippen LogP) is 3.00. The predicted molar refractivity (Wildman–Crippen MR) is 120 cm³/mol. The topological polar surface area (TPSA) is 84.1 Å². The normalized spacial score (nSPS) is 35.2. The summed E-state index contributed by atoms with van der Waals surface area (Å²) in [6.45, 7) is 9.71. The van der Waals surface area contributed by atoms with Gasteiger partial charge >= 0.3 is 6.09 Å². The van der Waals surface area contributed by atoms with Crippen molar-refractivity contribution in [2.24, 2.45) is 5.92 Å². The summed E-state index contributed by atoms with van der Waals surface area (Å²) in [5.41, 5.74) is 0.671. The molecule has 32 heavy (non-hydrogen) atoms. The molecule has 4 unspecified atom stereocenters. The molecule has 8 heteroatoms. The van der Waals surface area contributed by atoms with E-state index in [1.807, 2.05) is 6.92 Å². The number of amides is 2. The lowest BCUT2D eigenvalue weighted by Crippen LogP contribution is -2.56. The lowest BCUT2D eigenvalue weighted by Gasteiger charge is -2.43. The molecule has 3 rings (SSSR count). The fraction of sp³-hybridized carbons (Fsp3) is 0.833. The Bertz CT molecular complexity index is 732. The molecule has 182 valence electrons. The zero-order valence-corrected chi connectivity index (χ0v) is 20.7. The van der Waals surface area contributed by atoms with Gasteiger partial charge in [-0.05, 0) is 40.0 Å². The van der Waals surface area contributed by atoms with Crippen molar-refractivity contribution in [2.75, 3.05) is 40.9 Å². The minimum absolute atomic E-state index is 0.000674. The number of nitrogens with zero attached hydrogens (tertiary/aromatic N) is 2. The third kappa shape index (κ3) is 5.13. The van der Waals surface area contributed by atoms with Crippen molar-refractivity contribution in [3.05, 3.63) is 11.6 Å². The second-order valence-electron chi connectivity index (χ2n) is 9.89. The summed E-state index contributed by atoms with van der Waals surface area (Å²) in [7, 11) is 5.11. The van der Waals surface area contributed by atoms with Gasteiger partial charge in [0.2, 0.25) is 5.91 Å². The first-order chi connectivity index (χ1) is 15.1. The molecular weight excluding hydrogens is 412 g/mol. The number of methoxy groups -OCH3 is 1. The van der Waals surface area contributed by atoms with Crippen LogP contribution in [0.2, 0.25) is 0 Å². The van der Waals surface area contributed by atoms with Crippen LogP contribution in [-0.4, -0.2) is 92.2 Å². The molecule has 6 atom stereocenters. The van der Waals surface area contributed by atoms with Crippen LogP contribution in [0.1, 0.15) is 53.4 Å². The van der Waals surface area contributed by atoms with E-state index in [0.717, 1.165) is 12.8 Å². The molecule has 2 amide bonds. The van der Waals surface area contributed by atoms with E-state index in [2.05, 4.69) is 26.8 Å². The molecule has 1 saturated carbocycles. The van der Waals surface area contributed by atoms with Crippen LogP contribution in [0.15, 0.2) is 11.6 Å². The average molecular weight is 453 g/mol. The maximum absolute atomic E-state index is 12.8. The average Bonchev–Trinajstić information content (AvgIpc) is 3.67. The van der Waals surface area contributed by atoms with Crippen molar-refractivity contribution >= 4 is 12.0 Å².